The van der Waals surface area contributed by atoms with Gasteiger partial charge < -0.3 is 5.11 Å². The van der Waals surface area contributed by atoms with E-state index < -0.39 is 0 Å². The Morgan fingerprint density at radius 2 is 1.29 bits per heavy atom. The first-order chi connectivity index (χ1) is 6.52. The van der Waals surface area contributed by atoms with Gasteiger partial charge in [-0.25, -0.2) is 0 Å². The van der Waals surface area contributed by atoms with E-state index in [-0.39, 0.29) is 6.10 Å². The molecule has 0 aliphatic rings. The Kier molecular flexibility index (Phi) is 8.26. The van der Waals surface area contributed by atoms with Crippen LogP contribution in [0.25, 0.3) is 0 Å². The zero-order valence-corrected chi connectivity index (χ0v) is 10.4. The first-order valence-electron chi connectivity index (χ1n) is 6.20. The van der Waals surface area contributed by atoms with Crippen LogP contribution >= 0.6 is 0 Å². The summed E-state index contributed by atoms with van der Waals surface area (Å²) < 4.78 is 0. The van der Waals surface area contributed by atoms with E-state index in [1.54, 1.807) is 0 Å². The van der Waals surface area contributed by atoms with E-state index in [1.165, 1.54) is 32.1 Å². The summed E-state index contributed by atoms with van der Waals surface area (Å²) in [6, 6.07) is 0. The summed E-state index contributed by atoms with van der Waals surface area (Å²) in [4.78, 5) is 0. The lowest BCUT2D eigenvalue weighted by atomic mass is 9.95. The van der Waals surface area contributed by atoms with Gasteiger partial charge in [0.1, 0.15) is 0 Å². The van der Waals surface area contributed by atoms with E-state index in [1.807, 2.05) is 6.92 Å². The molecule has 86 valence electrons. The topological polar surface area (TPSA) is 20.2 Å². The van der Waals surface area contributed by atoms with Crippen LogP contribution in [0.3, 0.4) is 0 Å². The zero-order valence-electron chi connectivity index (χ0n) is 10.4. The van der Waals surface area contributed by atoms with Gasteiger partial charge in [0, 0.05) is 0 Å². The second kappa shape index (κ2) is 8.28. The summed E-state index contributed by atoms with van der Waals surface area (Å²) in [5.74, 6) is 1.69. The SMILES string of the molecule is CC(C)CCC[C@H](C)CCC[C@H](C)O. The van der Waals surface area contributed by atoms with Crippen molar-refractivity contribution in [1.29, 1.82) is 0 Å². The molecule has 1 heteroatoms. The fourth-order valence-electron chi connectivity index (χ4n) is 1.78. The fourth-order valence-corrected chi connectivity index (χ4v) is 1.78. The normalized spacial score (nSPS) is 15.9. The van der Waals surface area contributed by atoms with Crippen molar-refractivity contribution >= 4 is 0 Å². The van der Waals surface area contributed by atoms with Crippen LogP contribution in [0.4, 0.5) is 0 Å². The minimum atomic E-state index is -0.113. The second-order valence-corrected chi connectivity index (χ2v) is 5.21. The average molecular weight is 200 g/mol. The highest BCUT2D eigenvalue weighted by atomic mass is 16.3. The van der Waals surface area contributed by atoms with E-state index in [0.717, 1.165) is 18.3 Å². The van der Waals surface area contributed by atoms with Gasteiger partial charge in [0.15, 0.2) is 0 Å². The maximum atomic E-state index is 9.11. The number of aliphatic hydroxyl groups is 1. The monoisotopic (exact) mass is 200 g/mol. The molecule has 0 unspecified atom stereocenters. The molecule has 0 fully saturated rings. The minimum absolute atomic E-state index is 0.113. The van der Waals surface area contributed by atoms with Gasteiger partial charge in [0.05, 0.1) is 6.10 Å². The van der Waals surface area contributed by atoms with Crippen LogP contribution in [-0.2, 0) is 0 Å². The number of hydrogen-bond donors (Lipinski definition) is 1. The van der Waals surface area contributed by atoms with Crippen molar-refractivity contribution in [3.05, 3.63) is 0 Å². The zero-order chi connectivity index (χ0) is 11.0. The van der Waals surface area contributed by atoms with E-state index >= 15 is 0 Å². The van der Waals surface area contributed by atoms with Crippen molar-refractivity contribution in [2.75, 3.05) is 0 Å². The molecular formula is C13H28O. The molecule has 0 aliphatic heterocycles. The Morgan fingerprint density at radius 3 is 1.71 bits per heavy atom. The molecule has 14 heavy (non-hydrogen) atoms. The van der Waals surface area contributed by atoms with Gasteiger partial charge in [-0.2, -0.15) is 0 Å². The molecule has 1 nitrogen and oxygen atoms in total. The summed E-state index contributed by atoms with van der Waals surface area (Å²) in [6.45, 7) is 8.79. The predicted octanol–water partition coefficient (Wildman–Crippen LogP) is 4.00. The molecule has 0 heterocycles. The summed E-state index contributed by atoms with van der Waals surface area (Å²) in [7, 11) is 0. The summed E-state index contributed by atoms with van der Waals surface area (Å²) in [6.07, 6.45) is 7.41. The van der Waals surface area contributed by atoms with Crippen molar-refractivity contribution in [2.45, 2.75) is 72.3 Å². The third-order valence-corrected chi connectivity index (χ3v) is 2.80. The van der Waals surface area contributed by atoms with Crippen LogP contribution in [0.2, 0.25) is 0 Å². The van der Waals surface area contributed by atoms with Gasteiger partial charge in [-0.05, 0) is 25.2 Å². The highest BCUT2D eigenvalue weighted by Gasteiger charge is 2.04. The van der Waals surface area contributed by atoms with E-state index in [9.17, 15) is 0 Å². The summed E-state index contributed by atoms with van der Waals surface area (Å²) in [5, 5.41) is 9.11. The van der Waals surface area contributed by atoms with Crippen LogP contribution in [0.5, 0.6) is 0 Å². The minimum Gasteiger partial charge on any atom is -0.393 e. The largest absolute Gasteiger partial charge is 0.393 e. The Bertz CT molecular complexity index is 104. The van der Waals surface area contributed by atoms with Crippen LogP contribution in [0.15, 0.2) is 0 Å². The molecule has 0 saturated heterocycles. The van der Waals surface area contributed by atoms with Crippen molar-refractivity contribution in [2.24, 2.45) is 11.8 Å². The third kappa shape index (κ3) is 10.0. The third-order valence-electron chi connectivity index (χ3n) is 2.80. The molecule has 0 aromatic rings. The number of rotatable bonds is 8. The van der Waals surface area contributed by atoms with Gasteiger partial charge in [-0.1, -0.05) is 52.9 Å². The fraction of sp³-hybridized carbons (Fsp3) is 1.00. The lowest BCUT2D eigenvalue weighted by Crippen LogP contribution is -2.02. The molecule has 1 N–H and O–H groups in total. The second-order valence-electron chi connectivity index (χ2n) is 5.21. The summed E-state index contributed by atoms with van der Waals surface area (Å²) >= 11 is 0. The van der Waals surface area contributed by atoms with Gasteiger partial charge in [0.25, 0.3) is 0 Å². The van der Waals surface area contributed by atoms with Crippen LogP contribution in [0.1, 0.15) is 66.2 Å². The van der Waals surface area contributed by atoms with Crippen molar-refractivity contribution < 1.29 is 5.11 Å². The van der Waals surface area contributed by atoms with Crippen molar-refractivity contribution in [3.8, 4) is 0 Å². The number of aliphatic hydroxyl groups excluding tert-OH is 1. The highest BCUT2D eigenvalue weighted by Crippen LogP contribution is 2.17. The van der Waals surface area contributed by atoms with E-state index in [4.69, 9.17) is 5.11 Å². The Balaban J connectivity index is 3.23. The van der Waals surface area contributed by atoms with E-state index in [0.29, 0.717) is 0 Å². The van der Waals surface area contributed by atoms with Crippen LogP contribution in [-0.4, -0.2) is 11.2 Å². The maximum Gasteiger partial charge on any atom is 0.0512 e. The molecule has 0 aromatic heterocycles. The average Bonchev–Trinajstić information content (AvgIpc) is 2.02. The van der Waals surface area contributed by atoms with Gasteiger partial charge in [-0.15, -0.1) is 0 Å². The quantitative estimate of drug-likeness (QED) is 0.628. The van der Waals surface area contributed by atoms with Crippen molar-refractivity contribution in [3.63, 3.8) is 0 Å². The lowest BCUT2D eigenvalue weighted by Gasteiger charge is -2.12. The summed E-state index contributed by atoms with van der Waals surface area (Å²) in [5.41, 5.74) is 0. The number of hydrogen-bond acceptors (Lipinski definition) is 1. The molecule has 0 rings (SSSR count). The van der Waals surface area contributed by atoms with Crippen LogP contribution < -0.4 is 0 Å². The standard InChI is InChI=1S/C13H28O/c1-11(2)7-5-8-12(3)9-6-10-13(4)14/h11-14H,5-10H2,1-4H3/t12-,13-/m0/s1. The first kappa shape index (κ1) is 14.0. The predicted molar refractivity (Wildman–Crippen MR) is 63.4 cm³/mol. The molecule has 0 amide bonds. The Hall–Kier alpha value is -0.0400. The highest BCUT2D eigenvalue weighted by molar-refractivity contribution is 4.57. The molecule has 0 bridgehead atoms. The van der Waals surface area contributed by atoms with Crippen LogP contribution in [0, 0.1) is 11.8 Å². The molecule has 0 spiro atoms. The Morgan fingerprint density at radius 1 is 0.786 bits per heavy atom. The molecule has 2 atom stereocenters. The molecule has 0 radical (unpaired) electrons. The molecule has 0 aromatic carbocycles. The van der Waals surface area contributed by atoms with E-state index in [2.05, 4.69) is 20.8 Å². The van der Waals surface area contributed by atoms with Gasteiger partial charge in [-0.3, -0.25) is 0 Å². The van der Waals surface area contributed by atoms with Crippen molar-refractivity contribution in [1.82, 2.24) is 0 Å². The molecule has 0 aliphatic carbocycles. The lowest BCUT2D eigenvalue weighted by molar-refractivity contribution is 0.178. The van der Waals surface area contributed by atoms with Gasteiger partial charge >= 0.3 is 0 Å². The molecular weight excluding hydrogens is 172 g/mol. The van der Waals surface area contributed by atoms with Gasteiger partial charge in [0.2, 0.25) is 0 Å². The Labute approximate surface area is 89.9 Å². The first-order valence-corrected chi connectivity index (χ1v) is 6.20. The maximum absolute atomic E-state index is 9.11. The smallest absolute Gasteiger partial charge is 0.0512 e. The molecule has 0 saturated carbocycles.